The van der Waals surface area contributed by atoms with Crippen LogP contribution in [0.2, 0.25) is 0 Å². The van der Waals surface area contributed by atoms with Crippen LogP contribution in [0.4, 0.5) is 5.69 Å². The fraction of sp³-hybridized carbons (Fsp3) is 0.562. The van der Waals surface area contributed by atoms with Gasteiger partial charge in [0.25, 0.3) is 5.91 Å². The van der Waals surface area contributed by atoms with Crippen LogP contribution < -0.4 is 11.1 Å². The summed E-state index contributed by atoms with van der Waals surface area (Å²) in [6.07, 6.45) is 0. The summed E-state index contributed by atoms with van der Waals surface area (Å²) >= 11 is 0. The number of nitrogen functional groups attached to an aromatic ring is 1. The molecule has 1 aromatic rings. The van der Waals surface area contributed by atoms with Crippen LogP contribution in [0.25, 0.3) is 0 Å². The Morgan fingerprint density at radius 2 is 1.85 bits per heavy atom. The molecular weight excluding hydrogens is 250 g/mol. The molecule has 0 atom stereocenters. The molecule has 1 amide bonds. The summed E-state index contributed by atoms with van der Waals surface area (Å²) in [6.45, 7) is 12.0. The maximum atomic E-state index is 12.1. The zero-order valence-electron chi connectivity index (χ0n) is 13.2. The molecule has 0 fully saturated rings. The van der Waals surface area contributed by atoms with Crippen LogP contribution in [-0.2, 0) is 0 Å². The van der Waals surface area contributed by atoms with Crippen LogP contribution >= 0.6 is 0 Å². The Balaban J connectivity index is 2.58. The highest BCUT2D eigenvalue weighted by atomic mass is 16.1. The molecule has 0 aliphatic rings. The van der Waals surface area contributed by atoms with Crippen LogP contribution in [0, 0.1) is 6.92 Å². The predicted octanol–water partition coefficient (Wildman–Crippen LogP) is 2.43. The van der Waals surface area contributed by atoms with Gasteiger partial charge in [-0.2, -0.15) is 0 Å². The summed E-state index contributed by atoms with van der Waals surface area (Å²) in [5, 5.41) is 2.95. The minimum Gasteiger partial charge on any atom is -0.398 e. The summed E-state index contributed by atoms with van der Waals surface area (Å²) in [4.78, 5) is 14.5. The molecule has 0 radical (unpaired) electrons. The highest BCUT2D eigenvalue weighted by Crippen LogP contribution is 2.16. The van der Waals surface area contributed by atoms with E-state index in [2.05, 4.69) is 37.9 Å². The Bertz CT molecular complexity index is 447. The number of carbonyl (C=O) groups excluding carboxylic acids is 1. The van der Waals surface area contributed by atoms with Crippen LogP contribution in [0.15, 0.2) is 18.2 Å². The number of rotatable bonds is 6. The normalized spacial score (nSPS) is 11.4. The second-order valence-corrected chi connectivity index (χ2v) is 5.72. The number of benzene rings is 1. The van der Waals surface area contributed by atoms with Crippen LogP contribution in [0.5, 0.6) is 0 Å². The van der Waals surface area contributed by atoms with E-state index in [-0.39, 0.29) is 5.91 Å². The highest BCUT2D eigenvalue weighted by Gasteiger charge is 2.14. The van der Waals surface area contributed by atoms with Gasteiger partial charge in [-0.15, -0.1) is 0 Å². The minimum atomic E-state index is -0.0985. The number of hydrogen-bond acceptors (Lipinski definition) is 3. The average Bonchev–Trinajstić information content (AvgIpc) is 2.36. The van der Waals surface area contributed by atoms with E-state index in [0.29, 0.717) is 29.9 Å². The van der Waals surface area contributed by atoms with E-state index in [0.717, 1.165) is 12.1 Å². The number of hydrogen-bond donors (Lipinski definition) is 2. The number of nitrogens with two attached hydrogens (primary N) is 1. The lowest BCUT2D eigenvalue weighted by Gasteiger charge is -2.30. The van der Waals surface area contributed by atoms with Gasteiger partial charge in [-0.1, -0.05) is 12.1 Å². The summed E-state index contributed by atoms with van der Waals surface area (Å²) in [7, 11) is 0. The predicted molar refractivity (Wildman–Crippen MR) is 84.9 cm³/mol. The summed E-state index contributed by atoms with van der Waals surface area (Å²) < 4.78 is 0. The van der Waals surface area contributed by atoms with Crippen molar-refractivity contribution in [3.63, 3.8) is 0 Å². The smallest absolute Gasteiger partial charge is 0.253 e. The van der Waals surface area contributed by atoms with Crippen molar-refractivity contribution in [2.75, 3.05) is 18.8 Å². The van der Waals surface area contributed by atoms with Gasteiger partial charge in [0.05, 0.1) is 5.56 Å². The molecule has 0 saturated carbocycles. The first-order valence-corrected chi connectivity index (χ1v) is 7.23. The summed E-state index contributed by atoms with van der Waals surface area (Å²) in [6, 6.07) is 6.47. The van der Waals surface area contributed by atoms with Crippen molar-refractivity contribution in [2.24, 2.45) is 0 Å². The van der Waals surface area contributed by atoms with Gasteiger partial charge in [0.1, 0.15) is 0 Å². The van der Waals surface area contributed by atoms with Gasteiger partial charge >= 0.3 is 0 Å². The lowest BCUT2D eigenvalue weighted by molar-refractivity contribution is 0.0940. The zero-order valence-corrected chi connectivity index (χ0v) is 13.2. The van der Waals surface area contributed by atoms with Crippen molar-refractivity contribution in [2.45, 2.75) is 46.7 Å². The molecule has 4 heteroatoms. The van der Waals surface area contributed by atoms with Crippen molar-refractivity contribution in [3.8, 4) is 0 Å². The van der Waals surface area contributed by atoms with Gasteiger partial charge in [-0.25, -0.2) is 0 Å². The third kappa shape index (κ3) is 4.23. The van der Waals surface area contributed by atoms with Crippen molar-refractivity contribution < 1.29 is 4.79 Å². The topological polar surface area (TPSA) is 58.4 Å². The maximum Gasteiger partial charge on any atom is 0.253 e. The van der Waals surface area contributed by atoms with E-state index >= 15 is 0 Å². The van der Waals surface area contributed by atoms with Crippen molar-refractivity contribution in [1.82, 2.24) is 10.2 Å². The third-order valence-electron chi connectivity index (χ3n) is 3.55. The molecule has 0 aliphatic carbocycles. The Morgan fingerprint density at radius 3 is 2.40 bits per heavy atom. The van der Waals surface area contributed by atoms with Crippen molar-refractivity contribution in [1.29, 1.82) is 0 Å². The SMILES string of the molecule is Cc1cccc(C(=O)NCCN(C(C)C)C(C)C)c1N. The number of nitrogens with zero attached hydrogens (tertiary/aromatic N) is 1. The first kappa shape index (κ1) is 16.5. The van der Waals surface area contributed by atoms with Gasteiger partial charge in [0.2, 0.25) is 0 Å². The van der Waals surface area contributed by atoms with E-state index in [9.17, 15) is 4.79 Å². The highest BCUT2D eigenvalue weighted by molar-refractivity contribution is 5.99. The number of carbonyl (C=O) groups is 1. The summed E-state index contributed by atoms with van der Waals surface area (Å²) in [5.74, 6) is -0.0985. The monoisotopic (exact) mass is 277 g/mol. The molecule has 112 valence electrons. The van der Waals surface area contributed by atoms with E-state index in [1.807, 2.05) is 19.1 Å². The molecular formula is C16H27N3O. The molecule has 1 rings (SSSR count). The number of aryl methyl sites for hydroxylation is 1. The Hall–Kier alpha value is -1.55. The standard InChI is InChI=1S/C16H27N3O/c1-11(2)19(12(3)4)10-9-18-16(20)14-8-6-7-13(5)15(14)17/h6-8,11-12H,9-10,17H2,1-5H3,(H,18,20). The van der Waals surface area contributed by atoms with Gasteiger partial charge in [0, 0.05) is 30.9 Å². The van der Waals surface area contributed by atoms with E-state index < -0.39 is 0 Å². The fourth-order valence-electron chi connectivity index (χ4n) is 2.39. The van der Waals surface area contributed by atoms with Crippen LogP contribution in [0.3, 0.4) is 0 Å². The third-order valence-corrected chi connectivity index (χ3v) is 3.55. The molecule has 0 saturated heterocycles. The second-order valence-electron chi connectivity index (χ2n) is 5.72. The average molecular weight is 277 g/mol. The molecule has 1 aromatic carbocycles. The van der Waals surface area contributed by atoms with Crippen LogP contribution in [-0.4, -0.2) is 36.0 Å². The molecule has 0 aliphatic heterocycles. The fourth-order valence-corrected chi connectivity index (χ4v) is 2.39. The Labute approximate surface area is 122 Å². The van der Waals surface area contributed by atoms with E-state index in [1.54, 1.807) is 6.07 Å². The minimum absolute atomic E-state index is 0.0985. The first-order valence-electron chi connectivity index (χ1n) is 7.23. The maximum absolute atomic E-state index is 12.1. The molecule has 3 N–H and O–H groups in total. The lowest BCUT2D eigenvalue weighted by Crippen LogP contribution is -2.42. The number of amides is 1. The molecule has 0 bridgehead atoms. The number of nitrogens with one attached hydrogen (secondary N) is 1. The van der Waals surface area contributed by atoms with Gasteiger partial charge < -0.3 is 11.1 Å². The van der Waals surface area contributed by atoms with E-state index in [1.165, 1.54) is 0 Å². The van der Waals surface area contributed by atoms with Crippen molar-refractivity contribution >= 4 is 11.6 Å². The van der Waals surface area contributed by atoms with Gasteiger partial charge in [-0.3, -0.25) is 9.69 Å². The van der Waals surface area contributed by atoms with Crippen molar-refractivity contribution in [3.05, 3.63) is 29.3 Å². The largest absolute Gasteiger partial charge is 0.398 e. The molecule has 4 nitrogen and oxygen atoms in total. The Kier molecular flexibility index (Phi) is 6.02. The van der Waals surface area contributed by atoms with Gasteiger partial charge in [-0.05, 0) is 46.2 Å². The second kappa shape index (κ2) is 7.29. The molecule has 0 aromatic heterocycles. The quantitative estimate of drug-likeness (QED) is 0.785. The zero-order chi connectivity index (χ0) is 15.3. The molecule has 0 unspecified atom stereocenters. The summed E-state index contributed by atoms with van der Waals surface area (Å²) in [5.41, 5.74) is 8.00. The molecule has 20 heavy (non-hydrogen) atoms. The van der Waals surface area contributed by atoms with Crippen LogP contribution in [0.1, 0.15) is 43.6 Å². The lowest BCUT2D eigenvalue weighted by atomic mass is 10.1. The molecule has 0 spiro atoms. The number of anilines is 1. The first-order chi connectivity index (χ1) is 9.34. The molecule has 0 heterocycles. The van der Waals surface area contributed by atoms with E-state index in [4.69, 9.17) is 5.73 Å². The number of para-hydroxylation sites is 1. The van der Waals surface area contributed by atoms with Gasteiger partial charge in [0.15, 0.2) is 0 Å². The Morgan fingerprint density at radius 1 is 1.25 bits per heavy atom.